The molecule has 2 aromatic carbocycles. The Morgan fingerprint density at radius 3 is 2.57 bits per heavy atom. The van der Waals surface area contributed by atoms with Gasteiger partial charge in [0.15, 0.2) is 0 Å². The Morgan fingerprint density at radius 2 is 1.75 bits per heavy atom. The number of aromatic nitrogens is 1. The molecule has 1 saturated heterocycles. The van der Waals surface area contributed by atoms with Gasteiger partial charge in [-0.1, -0.05) is 42.5 Å². The maximum atomic E-state index is 10.6. The first kappa shape index (κ1) is 17.4. The van der Waals surface area contributed by atoms with Crippen LogP contribution in [0.3, 0.4) is 0 Å². The molecule has 142 valence electrons. The van der Waals surface area contributed by atoms with Crippen LogP contribution in [0.2, 0.25) is 0 Å². The van der Waals surface area contributed by atoms with Crippen molar-refractivity contribution in [3.05, 3.63) is 78.1 Å². The standard InChI is InChI=1S/C24H24N2O2/c27-23(21-9-3-4-13-25-21)17-11-14-26(15-12-17)16-18-6-5-8-20-19-7-1-2-10-22(19)28-24(18)20/h1-10,13,17,23,27H,11-12,14-16H2. The van der Waals surface area contributed by atoms with Crippen LogP contribution in [0.4, 0.5) is 0 Å². The summed E-state index contributed by atoms with van der Waals surface area (Å²) >= 11 is 0. The summed E-state index contributed by atoms with van der Waals surface area (Å²) in [5.41, 5.74) is 3.96. The lowest BCUT2D eigenvalue weighted by atomic mass is 9.89. The van der Waals surface area contributed by atoms with E-state index < -0.39 is 6.10 Å². The van der Waals surface area contributed by atoms with E-state index in [4.69, 9.17) is 4.42 Å². The van der Waals surface area contributed by atoms with E-state index in [0.717, 1.165) is 49.3 Å². The Labute approximate surface area is 164 Å². The molecule has 5 rings (SSSR count). The predicted molar refractivity (Wildman–Crippen MR) is 111 cm³/mol. The normalized spacial score (nSPS) is 17.3. The third kappa shape index (κ3) is 3.19. The van der Waals surface area contributed by atoms with Gasteiger partial charge in [-0.15, -0.1) is 0 Å². The van der Waals surface area contributed by atoms with Crippen molar-refractivity contribution in [2.75, 3.05) is 13.1 Å². The van der Waals surface area contributed by atoms with Crippen LogP contribution in [0.15, 0.2) is 71.3 Å². The summed E-state index contributed by atoms with van der Waals surface area (Å²) in [4.78, 5) is 6.78. The molecule has 0 saturated carbocycles. The molecule has 1 unspecified atom stereocenters. The van der Waals surface area contributed by atoms with Crippen LogP contribution in [0.5, 0.6) is 0 Å². The molecular formula is C24H24N2O2. The van der Waals surface area contributed by atoms with Crippen molar-refractivity contribution in [2.24, 2.45) is 5.92 Å². The number of piperidine rings is 1. The first-order valence-corrected chi connectivity index (χ1v) is 10.00. The Bertz CT molecular complexity index is 1080. The molecule has 28 heavy (non-hydrogen) atoms. The highest BCUT2D eigenvalue weighted by molar-refractivity contribution is 6.05. The molecule has 1 N–H and O–H groups in total. The van der Waals surface area contributed by atoms with Gasteiger partial charge in [-0.2, -0.15) is 0 Å². The van der Waals surface area contributed by atoms with Gasteiger partial charge in [0.1, 0.15) is 11.2 Å². The third-order valence-electron chi connectivity index (χ3n) is 5.95. The molecule has 4 aromatic rings. The lowest BCUT2D eigenvalue weighted by molar-refractivity contribution is 0.0540. The molecule has 0 radical (unpaired) electrons. The van der Waals surface area contributed by atoms with E-state index in [0.29, 0.717) is 0 Å². The SMILES string of the molecule is OC(c1ccccn1)C1CCN(Cc2cccc3c2oc2ccccc23)CC1. The Balaban J connectivity index is 1.30. The van der Waals surface area contributed by atoms with E-state index in [1.54, 1.807) is 6.20 Å². The van der Waals surface area contributed by atoms with Crippen LogP contribution in [0, 0.1) is 5.92 Å². The Morgan fingerprint density at radius 1 is 0.964 bits per heavy atom. The second-order valence-corrected chi connectivity index (χ2v) is 7.71. The summed E-state index contributed by atoms with van der Waals surface area (Å²) in [6.45, 7) is 2.83. The predicted octanol–water partition coefficient (Wildman–Crippen LogP) is 4.93. The zero-order valence-electron chi connectivity index (χ0n) is 15.8. The van der Waals surface area contributed by atoms with E-state index >= 15 is 0 Å². The molecule has 1 aliphatic rings. The minimum absolute atomic E-state index is 0.271. The molecule has 0 bridgehead atoms. The van der Waals surface area contributed by atoms with Crippen LogP contribution >= 0.6 is 0 Å². The van der Waals surface area contributed by atoms with Crippen molar-refractivity contribution in [2.45, 2.75) is 25.5 Å². The number of likely N-dealkylation sites (tertiary alicyclic amines) is 1. The summed E-state index contributed by atoms with van der Waals surface area (Å²) in [5.74, 6) is 0.271. The molecule has 1 atom stereocenters. The first-order valence-electron chi connectivity index (χ1n) is 10.00. The van der Waals surface area contributed by atoms with E-state index in [9.17, 15) is 5.11 Å². The number of fused-ring (bicyclic) bond motifs is 3. The van der Waals surface area contributed by atoms with Gasteiger partial charge >= 0.3 is 0 Å². The number of pyridine rings is 1. The van der Waals surface area contributed by atoms with Crippen molar-refractivity contribution in [1.82, 2.24) is 9.88 Å². The van der Waals surface area contributed by atoms with Crippen molar-refractivity contribution in [3.63, 3.8) is 0 Å². The van der Waals surface area contributed by atoms with Crippen molar-refractivity contribution in [1.29, 1.82) is 0 Å². The van der Waals surface area contributed by atoms with Gasteiger partial charge in [-0.25, -0.2) is 0 Å². The van der Waals surface area contributed by atoms with Crippen molar-refractivity contribution >= 4 is 21.9 Å². The molecule has 0 spiro atoms. The topological polar surface area (TPSA) is 49.5 Å². The molecule has 0 amide bonds. The van der Waals surface area contributed by atoms with Crippen LogP contribution in [0.25, 0.3) is 21.9 Å². The fourth-order valence-corrected chi connectivity index (χ4v) is 4.39. The minimum Gasteiger partial charge on any atom is -0.456 e. The van der Waals surface area contributed by atoms with E-state index in [1.165, 1.54) is 16.3 Å². The molecule has 4 nitrogen and oxygen atoms in total. The van der Waals surface area contributed by atoms with Gasteiger partial charge in [-0.05, 0) is 50.0 Å². The van der Waals surface area contributed by atoms with Crippen LogP contribution in [-0.2, 0) is 6.54 Å². The molecule has 2 aromatic heterocycles. The molecule has 1 fully saturated rings. The second kappa shape index (κ2) is 7.38. The van der Waals surface area contributed by atoms with Crippen molar-refractivity contribution in [3.8, 4) is 0 Å². The largest absolute Gasteiger partial charge is 0.456 e. The number of hydrogen-bond donors (Lipinski definition) is 1. The quantitative estimate of drug-likeness (QED) is 0.552. The Hall–Kier alpha value is -2.69. The molecule has 3 heterocycles. The Kier molecular flexibility index (Phi) is 4.59. The van der Waals surface area contributed by atoms with Gasteiger partial charge < -0.3 is 9.52 Å². The average molecular weight is 372 g/mol. The summed E-state index contributed by atoms with van der Waals surface area (Å²) in [6.07, 6.45) is 3.24. The van der Waals surface area contributed by atoms with E-state index in [2.05, 4.69) is 40.2 Å². The second-order valence-electron chi connectivity index (χ2n) is 7.71. The summed E-state index contributed by atoms with van der Waals surface area (Å²) in [6, 6.07) is 20.4. The fraction of sp³-hybridized carbons (Fsp3) is 0.292. The minimum atomic E-state index is -0.470. The highest BCUT2D eigenvalue weighted by atomic mass is 16.3. The fourth-order valence-electron chi connectivity index (χ4n) is 4.39. The highest BCUT2D eigenvalue weighted by Gasteiger charge is 2.27. The van der Waals surface area contributed by atoms with E-state index in [-0.39, 0.29) is 5.92 Å². The molecule has 0 aliphatic carbocycles. The van der Waals surface area contributed by atoms with Gasteiger partial charge in [0.05, 0.1) is 11.8 Å². The van der Waals surface area contributed by atoms with Crippen LogP contribution in [0.1, 0.15) is 30.2 Å². The first-order chi connectivity index (χ1) is 13.8. The lowest BCUT2D eigenvalue weighted by Crippen LogP contribution is -2.35. The number of nitrogens with zero attached hydrogens (tertiary/aromatic N) is 2. The number of hydrogen-bond acceptors (Lipinski definition) is 4. The zero-order chi connectivity index (χ0) is 18.9. The highest BCUT2D eigenvalue weighted by Crippen LogP contribution is 2.33. The van der Waals surface area contributed by atoms with Gasteiger partial charge in [0, 0.05) is 29.1 Å². The summed E-state index contributed by atoms with van der Waals surface area (Å²) < 4.78 is 6.17. The average Bonchev–Trinajstić information content (AvgIpc) is 3.14. The molecule has 1 aliphatic heterocycles. The number of rotatable bonds is 4. The van der Waals surface area contributed by atoms with Crippen LogP contribution < -0.4 is 0 Å². The summed E-state index contributed by atoms with van der Waals surface area (Å²) in [5, 5.41) is 13.0. The maximum absolute atomic E-state index is 10.6. The third-order valence-corrected chi connectivity index (χ3v) is 5.95. The van der Waals surface area contributed by atoms with Crippen LogP contribution in [-0.4, -0.2) is 28.1 Å². The maximum Gasteiger partial charge on any atom is 0.139 e. The van der Waals surface area contributed by atoms with Gasteiger partial charge in [0.2, 0.25) is 0 Å². The summed E-state index contributed by atoms with van der Waals surface area (Å²) in [7, 11) is 0. The van der Waals surface area contributed by atoms with Gasteiger partial charge in [0.25, 0.3) is 0 Å². The van der Waals surface area contributed by atoms with Gasteiger partial charge in [-0.3, -0.25) is 9.88 Å². The van der Waals surface area contributed by atoms with Crippen molar-refractivity contribution < 1.29 is 9.52 Å². The number of aliphatic hydroxyl groups is 1. The van der Waals surface area contributed by atoms with E-state index in [1.807, 2.05) is 30.3 Å². The monoisotopic (exact) mass is 372 g/mol. The smallest absolute Gasteiger partial charge is 0.139 e. The molecule has 4 heteroatoms. The molecular weight excluding hydrogens is 348 g/mol. The zero-order valence-corrected chi connectivity index (χ0v) is 15.8. The number of aliphatic hydroxyl groups excluding tert-OH is 1. The number of benzene rings is 2. The lowest BCUT2D eigenvalue weighted by Gasteiger charge is -2.34. The number of furan rings is 1. The number of para-hydroxylation sites is 2.